The molecule has 0 spiro atoms. The molecule has 2 aromatic rings. The Morgan fingerprint density at radius 1 is 1.00 bits per heavy atom. The highest BCUT2D eigenvalue weighted by atomic mass is 15.1. The summed E-state index contributed by atoms with van der Waals surface area (Å²) in [6.07, 6.45) is 0. The van der Waals surface area contributed by atoms with Gasteiger partial charge in [-0.3, -0.25) is 0 Å². The molecule has 0 aromatic heterocycles. The van der Waals surface area contributed by atoms with Crippen LogP contribution in [0, 0.1) is 20.8 Å². The van der Waals surface area contributed by atoms with Gasteiger partial charge in [-0.2, -0.15) is 0 Å². The van der Waals surface area contributed by atoms with E-state index in [4.69, 9.17) is 5.73 Å². The molecule has 0 fully saturated rings. The monoisotopic (exact) mass is 310 g/mol. The van der Waals surface area contributed by atoms with Crippen molar-refractivity contribution in [3.05, 3.63) is 58.7 Å². The van der Waals surface area contributed by atoms with Crippen LogP contribution in [0.3, 0.4) is 0 Å². The second-order valence-electron chi connectivity index (χ2n) is 6.23. The highest BCUT2D eigenvalue weighted by Crippen LogP contribution is 2.21. The molecule has 4 nitrogen and oxygen atoms in total. The van der Waals surface area contributed by atoms with E-state index in [-0.39, 0.29) is 0 Å². The average Bonchev–Trinajstić information content (AvgIpc) is 2.44. The fraction of sp³-hybridized carbons (Fsp3) is 0.316. The molecular formula is C19H26N4. The molecule has 0 bridgehead atoms. The van der Waals surface area contributed by atoms with Gasteiger partial charge in [0.25, 0.3) is 0 Å². The molecule has 0 aliphatic heterocycles. The molecule has 0 aliphatic carbocycles. The third kappa shape index (κ3) is 4.74. The van der Waals surface area contributed by atoms with E-state index in [1.54, 1.807) is 0 Å². The van der Waals surface area contributed by atoms with Gasteiger partial charge >= 0.3 is 0 Å². The molecule has 0 heterocycles. The summed E-state index contributed by atoms with van der Waals surface area (Å²) in [4.78, 5) is 6.58. The molecule has 0 atom stereocenters. The van der Waals surface area contributed by atoms with Gasteiger partial charge in [0, 0.05) is 25.5 Å². The van der Waals surface area contributed by atoms with Gasteiger partial charge < -0.3 is 16.0 Å². The van der Waals surface area contributed by atoms with Gasteiger partial charge in [0.1, 0.15) is 0 Å². The predicted octanol–water partition coefficient (Wildman–Crippen LogP) is 3.60. The van der Waals surface area contributed by atoms with Crippen molar-refractivity contribution in [3.8, 4) is 0 Å². The van der Waals surface area contributed by atoms with E-state index in [2.05, 4.69) is 72.4 Å². The topological polar surface area (TPSA) is 53.6 Å². The zero-order chi connectivity index (χ0) is 17.0. The van der Waals surface area contributed by atoms with E-state index in [9.17, 15) is 0 Å². The molecule has 3 N–H and O–H groups in total. The molecule has 2 rings (SSSR count). The Labute approximate surface area is 139 Å². The van der Waals surface area contributed by atoms with Crippen molar-refractivity contribution in [2.45, 2.75) is 27.3 Å². The Bertz CT molecular complexity index is 697. The minimum atomic E-state index is 0.431. The molecular weight excluding hydrogens is 284 g/mol. The van der Waals surface area contributed by atoms with Gasteiger partial charge in [-0.1, -0.05) is 18.2 Å². The van der Waals surface area contributed by atoms with Crippen molar-refractivity contribution in [1.29, 1.82) is 0 Å². The zero-order valence-electron chi connectivity index (χ0n) is 14.6. The number of nitrogens with zero attached hydrogens (tertiary/aromatic N) is 2. The maximum Gasteiger partial charge on any atom is 0.193 e. The van der Waals surface area contributed by atoms with Crippen molar-refractivity contribution in [1.82, 2.24) is 0 Å². The summed E-state index contributed by atoms with van der Waals surface area (Å²) in [6.45, 7) is 6.79. The van der Waals surface area contributed by atoms with Crippen LogP contribution in [-0.4, -0.2) is 20.1 Å². The summed E-state index contributed by atoms with van der Waals surface area (Å²) >= 11 is 0. The SMILES string of the molecule is Cc1cc(C)cc(NC(N)=NCc2ccc(C)cc2N(C)C)c1. The highest BCUT2D eigenvalue weighted by molar-refractivity contribution is 5.92. The smallest absolute Gasteiger partial charge is 0.193 e. The van der Waals surface area contributed by atoms with Gasteiger partial charge in [0.15, 0.2) is 5.96 Å². The zero-order valence-corrected chi connectivity index (χ0v) is 14.6. The Balaban J connectivity index is 2.13. The summed E-state index contributed by atoms with van der Waals surface area (Å²) < 4.78 is 0. The van der Waals surface area contributed by atoms with E-state index in [1.165, 1.54) is 22.4 Å². The quantitative estimate of drug-likeness (QED) is 0.670. The van der Waals surface area contributed by atoms with Crippen LogP contribution in [0.15, 0.2) is 41.4 Å². The first-order valence-corrected chi connectivity index (χ1v) is 7.77. The summed E-state index contributed by atoms with van der Waals surface area (Å²) in [5.74, 6) is 0.431. The molecule has 23 heavy (non-hydrogen) atoms. The number of anilines is 2. The minimum absolute atomic E-state index is 0.431. The van der Waals surface area contributed by atoms with Crippen LogP contribution < -0.4 is 16.0 Å². The Kier molecular flexibility index (Phi) is 5.27. The lowest BCUT2D eigenvalue weighted by Crippen LogP contribution is -2.23. The molecule has 122 valence electrons. The molecule has 0 saturated carbocycles. The lowest BCUT2D eigenvalue weighted by molar-refractivity contribution is 1.02. The van der Waals surface area contributed by atoms with Crippen LogP contribution in [0.25, 0.3) is 0 Å². The molecule has 0 unspecified atom stereocenters. The Morgan fingerprint density at radius 2 is 1.65 bits per heavy atom. The summed E-state index contributed by atoms with van der Waals surface area (Å²) in [5.41, 5.74) is 13.0. The third-order valence-corrected chi connectivity index (χ3v) is 3.64. The van der Waals surface area contributed by atoms with Gasteiger partial charge in [-0.15, -0.1) is 0 Å². The number of nitrogens with two attached hydrogens (primary N) is 1. The molecule has 0 amide bonds. The molecule has 4 heteroatoms. The van der Waals surface area contributed by atoms with Crippen molar-refractivity contribution in [2.75, 3.05) is 24.3 Å². The number of guanidine groups is 1. The normalized spacial score (nSPS) is 11.4. The first-order valence-electron chi connectivity index (χ1n) is 7.77. The lowest BCUT2D eigenvalue weighted by atomic mass is 10.1. The summed E-state index contributed by atoms with van der Waals surface area (Å²) in [7, 11) is 4.08. The lowest BCUT2D eigenvalue weighted by Gasteiger charge is -2.17. The predicted molar refractivity (Wildman–Crippen MR) is 100 cm³/mol. The minimum Gasteiger partial charge on any atom is -0.377 e. The number of aliphatic imine (C=N–C) groups is 1. The first-order chi connectivity index (χ1) is 10.8. The average molecular weight is 310 g/mol. The number of hydrogen-bond donors (Lipinski definition) is 2. The van der Waals surface area contributed by atoms with E-state index in [1.807, 2.05) is 14.1 Å². The second-order valence-corrected chi connectivity index (χ2v) is 6.23. The molecule has 2 aromatic carbocycles. The summed E-state index contributed by atoms with van der Waals surface area (Å²) in [5, 5.41) is 3.17. The van der Waals surface area contributed by atoms with Crippen molar-refractivity contribution >= 4 is 17.3 Å². The van der Waals surface area contributed by atoms with Crippen LogP contribution in [0.4, 0.5) is 11.4 Å². The van der Waals surface area contributed by atoms with Crippen molar-refractivity contribution in [2.24, 2.45) is 10.7 Å². The van der Waals surface area contributed by atoms with Crippen LogP contribution >= 0.6 is 0 Å². The number of benzene rings is 2. The van der Waals surface area contributed by atoms with E-state index < -0.39 is 0 Å². The first kappa shape index (κ1) is 16.9. The van der Waals surface area contributed by atoms with Crippen LogP contribution in [0.5, 0.6) is 0 Å². The van der Waals surface area contributed by atoms with Crippen LogP contribution in [-0.2, 0) is 6.54 Å². The third-order valence-electron chi connectivity index (χ3n) is 3.64. The van der Waals surface area contributed by atoms with Crippen LogP contribution in [0.1, 0.15) is 22.3 Å². The van der Waals surface area contributed by atoms with E-state index >= 15 is 0 Å². The Morgan fingerprint density at radius 3 is 2.26 bits per heavy atom. The van der Waals surface area contributed by atoms with E-state index in [0.29, 0.717) is 12.5 Å². The molecule has 0 radical (unpaired) electrons. The molecule has 0 saturated heterocycles. The van der Waals surface area contributed by atoms with Gasteiger partial charge in [0.2, 0.25) is 0 Å². The largest absolute Gasteiger partial charge is 0.377 e. The number of aryl methyl sites for hydroxylation is 3. The van der Waals surface area contributed by atoms with E-state index in [0.717, 1.165) is 11.3 Å². The number of hydrogen-bond acceptors (Lipinski definition) is 2. The fourth-order valence-electron chi connectivity index (χ4n) is 2.63. The van der Waals surface area contributed by atoms with Gasteiger partial charge in [-0.05, 0) is 61.2 Å². The highest BCUT2D eigenvalue weighted by Gasteiger charge is 2.05. The van der Waals surface area contributed by atoms with Gasteiger partial charge in [0.05, 0.1) is 6.54 Å². The standard InChI is InChI=1S/C19H26N4/c1-13-6-7-16(18(11-13)23(4)5)12-21-19(20)22-17-9-14(2)8-15(3)10-17/h6-11H,12H2,1-5H3,(H3,20,21,22). The molecule has 0 aliphatic rings. The van der Waals surface area contributed by atoms with Crippen molar-refractivity contribution < 1.29 is 0 Å². The second kappa shape index (κ2) is 7.18. The Hall–Kier alpha value is -2.49. The fourth-order valence-corrected chi connectivity index (χ4v) is 2.63. The number of rotatable bonds is 4. The maximum absolute atomic E-state index is 6.04. The maximum atomic E-state index is 6.04. The van der Waals surface area contributed by atoms with Gasteiger partial charge in [-0.25, -0.2) is 4.99 Å². The summed E-state index contributed by atoms with van der Waals surface area (Å²) in [6, 6.07) is 12.6. The van der Waals surface area contributed by atoms with Crippen LogP contribution in [0.2, 0.25) is 0 Å². The van der Waals surface area contributed by atoms with Crippen molar-refractivity contribution in [3.63, 3.8) is 0 Å². The number of nitrogens with one attached hydrogen (secondary N) is 1.